The van der Waals surface area contributed by atoms with Crippen LogP contribution >= 0.6 is 0 Å². The predicted molar refractivity (Wildman–Crippen MR) is 93.3 cm³/mol. The van der Waals surface area contributed by atoms with Crippen LogP contribution in [0, 0.1) is 0 Å². The zero-order chi connectivity index (χ0) is 16.8. The first-order chi connectivity index (χ1) is 11.8. The topological polar surface area (TPSA) is 74.2 Å². The lowest BCUT2D eigenvalue weighted by Crippen LogP contribution is -2.47. The molecule has 1 amide bonds. The van der Waals surface area contributed by atoms with E-state index in [-0.39, 0.29) is 5.91 Å². The van der Waals surface area contributed by atoms with E-state index in [0.29, 0.717) is 12.2 Å². The van der Waals surface area contributed by atoms with E-state index in [1.54, 1.807) is 6.07 Å². The molecule has 3 heterocycles. The van der Waals surface area contributed by atoms with Gasteiger partial charge in [-0.1, -0.05) is 13.0 Å². The molecule has 1 fully saturated rings. The lowest BCUT2D eigenvalue weighted by Gasteiger charge is -2.36. The second-order valence-electron chi connectivity index (χ2n) is 5.68. The molecule has 1 aliphatic rings. The minimum absolute atomic E-state index is 0.146. The van der Waals surface area contributed by atoms with Crippen molar-refractivity contribution in [1.82, 2.24) is 20.3 Å². The highest BCUT2D eigenvalue weighted by molar-refractivity contribution is 5.92. The third kappa shape index (κ3) is 3.79. The monoisotopic (exact) mass is 326 g/mol. The molecular weight excluding hydrogens is 304 g/mol. The van der Waals surface area contributed by atoms with E-state index in [4.69, 9.17) is 0 Å². The molecule has 0 saturated carbocycles. The number of rotatable bonds is 5. The molecule has 7 heteroatoms. The van der Waals surface area contributed by atoms with Crippen LogP contribution in [0.5, 0.6) is 0 Å². The van der Waals surface area contributed by atoms with Crippen molar-refractivity contribution < 1.29 is 4.79 Å². The number of hydrogen-bond donors (Lipinski definition) is 1. The Hall–Kier alpha value is -2.70. The number of anilines is 2. The van der Waals surface area contributed by atoms with Gasteiger partial charge in [0.15, 0.2) is 0 Å². The summed E-state index contributed by atoms with van der Waals surface area (Å²) in [6.07, 6.45) is 4.17. The van der Waals surface area contributed by atoms with Crippen molar-refractivity contribution in [3.8, 4) is 0 Å². The van der Waals surface area contributed by atoms with Crippen molar-refractivity contribution >= 4 is 17.5 Å². The number of carbonyl (C=O) groups is 1. The van der Waals surface area contributed by atoms with Crippen LogP contribution in [0.15, 0.2) is 36.8 Å². The van der Waals surface area contributed by atoms with Gasteiger partial charge in [0, 0.05) is 45.0 Å². The van der Waals surface area contributed by atoms with E-state index in [0.717, 1.165) is 44.2 Å². The first kappa shape index (κ1) is 16.2. The maximum atomic E-state index is 12.0. The summed E-state index contributed by atoms with van der Waals surface area (Å²) >= 11 is 0. The first-order valence-electron chi connectivity index (χ1n) is 8.29. The Morgan fingerprint density at radius 1 is 1.08 bits per heavy atom. The van der Waals surface area contributed by atoms with Crippen LogP contribution in [-0.2, 0) is 0 Å². The molecule has 0 radical (unpaired) electrons. The van der Waals surface area contributed by atoms with Crippen LogP contribution in [0.4, 0.5) is 11.6 Å². The van der Waals surface area contributed by atoms with E-state index < -0.39 is 0 Å². The minimum Gasteiger partial charge on any atom is -0.353 e. The van der Waals surface area contributed by atoms with Gasteiger partial charge in [0.2, 0.25) is 0 Å². The highest BCUT2D eigenvalue weighted by atomic mass is 16.1. The van der Waals surface area contributed by atoms with Crippen molar-refractivity contribution in [2.75, 3.05) is 42.5 Å². The molecule has 3 rings (SSSR count). The number of amides is 1. The van der Waals surface area contributed by atoms with Gasteiger partial charge < -0.3 is 15.1 Å². The zero-order valence-corrected chi connectivity index (χ0v) is 13.9. The maximum Gasteiger partial charge on any atom is 0.270 e. The smallest absolute Gasteiger partial charge is 0.270 e. The minimum atomic E-state index is -0.146. The molecule has 7 nitrogen and oxygen atoms in total. The third-order valence-electron chi connectivity index (χ3n) is 4.00. The van der Waals surface area contributed by atoms with Gasteiger partial charge in [0.25, 0.3) is 5.91 Å². The number of carbonyl (C=O) groups excluding carboxylic acids is 1. The molecule has 0 aromatic carbocycles. The molecule has 0 bridgehead atoms. The van der Waals surface area contributed by atoms with Gasteiger partial charge in [-0.2, -0.15) is 0 Å². The highest BCUT2D eigenvalue weighted by Crippen LogP contribution is 2.17. The van der Waals surface area contributed by atoms with Crippen LogP contribution in [0.2, 0.25) is 0 Å². The van der Waals surface area contributed by atoms with Crippen LogP contribution in [0.3, 0.4) is 0 Å². The van der Waals surface area contributed by atoms with Gasteiger partial charge >= 0.3 is 0 Å². The fourth-order valence-corrected chi connectivity index (χ4v) is 2.68. The van der Waals surface area contributed by atoms with Gasteiger partial charge in [-0.05, 0) is 18.6 Å². The summed E-state index contributed by atoms with van der Waals surface area (Å²) in [7, 11) is 0. The van der Waals surface area contributed by atoms with Crippen molar-refractivity contribution in [2.24, 2.45) is 0 Å². The maximum absolute atomic E-state index is 12.0. The molecule has 0 atom stereocenters. The van der Waals surface area contributed by atoms with Gasteiger partial charge in [-0.3, -0.25) is 4.79 Å². The Balaban J connectivity index is 1.63. The molecule has 0 unspecified atom stereocenters. The highest BCUT2D eigenvalue weighted by Gasteiger charge is 2.20. The number of pyridine rings is 1. The van der Waals surface area contributed by atoms with Crippen molar-refractivity contribution in [1.29, 1.82) is 0 Å². The third-order valence-corrected chi connectivity index (χ3v) is 4.00. The summed E-state index contributed by atoms with van der Waals surface area (Å²) in [5, 5.41) is 2.84. The number of nitrogens with one attached hydrogen (secondary N) is 1. The molecule has 1 aliphatic heterocycles. The fraction of sp³-hybridized carbons (Fsp3) is 0.412. The normalized spacial score (nSPS) is 14.5. The van der Waals surface area contributed by atoms with E-state index in [2.05, 4.69) is 30.1 Å². The Morgan fingerprint density at radius 3 is 2.50 bits per heavy atom. The number of nitrogens with zero attached hydrogens (tertiary/aromatic N) is 5. The predicted octanol–water partition coefficient (Wildman–Crippen LogP) is 1.34. The fourth-order valence-electron chi connectivity index (χ4n) is 2.68. The summed E-state index contributed by atoms with van der Waals surface area (Å²) in [5.74, 6) is 1.65. The van der Waals surface area contributed by atoms with Gasteiger partial charge in [-0.15, -0.1) is 0 Å². The molecule has 1 saturated heterocycles. The second-order valence-corrected chi connectivity index (χ2v) is 5.68. The average molecular weight is 326 g/mol. The van der Waals surface area contributed by atoms with Crippen molar-refractivity contribution in [2.45, 2.75) is 13.3 Å². The molecule has 0 aliphatic carbocycles. The molecule has 126 valence electrons. The van der Waals surface area contributed by atoms with Crippen LogP contribution in [0.1, 0.15) is 23.8 Å². The summed E-state index contributed by atoms with van der Waals surface area (Å²) in [6, 6.07) is 7.71. The molecule has 24 heavy (non-hydrogen) atoms. The lowest BCUT2D eigenvalue weighted by molar-refractivity contribution is 0.0948. The van der Waals surface area contributed by atoms with E-state index in [9.17, 15) is 4.79 Å². The van der Waals surface area contributed by atoms with Crippen molar-refractivity contribution in [3.05, 3.63) is 42.5 Å². The van der Waals surface area contributed by atoms with E-state index in [1.165, 1.54) is 6.33 Å². The van der Waals surface area contributed by atoms with Gasteiger partial charge in [0.1, 0.15) is 23.7 Å². The van der Waals surface area contributed by atoms with Gasteiger partial charge in [0.05, 0.1) is 0 Å². The number of hydrogen-bond acceptors (Lipinski definition) is 6. The Morgan fingerprint density at radius 2 is 1.83 bits per heavy atom. The van der Waals surface area contributed by atoms with Crippen LogP contribution in [-0.4, -0.2) is 53.6 Å². The number of piperazine rings is 1. The molecule has 2 aromatic heterocycles. The Bertz CT molecular complexity index is 670. The zero-order valence-electron chi connectivity index (χ0n) is 13.9. The van der Waals surface area contributed by atoms with E-state index >= 15 is 0 Å². The van der Waals surface area contributed by atoms with Crippen LogP contribution in [0.25, 0.3) is 0 Å². The molecule has 2 aromatic rings. The first-order valence-corrected chi connectivity index (χ1v) is 8.29. The van der Waals surface area contributed by atoms with E-state index in [1.807, 2.05) is 31.3 Å². The molecular formula is C17H22N6O. The van der Waals surface area contributed by atoms with Crippen molar-refractivity contribution in [3.63, 3.8) is 0 Å². The summed E-state index contributed by atoms with van der Waals surface area (Å²) in [4.78, 5) is 29.3. The van der Waals surface area contributed by atoms with Crippen LogP contribution < -0.4 is 15.1 Å². The van der Waals surface area contributed by atoms with Gasteiger partial charge in [-0.25, -0.2) is 15.0 Å². The molecule has 1 N–H and O–H groups in total. The summed E-state index contributed by atoms with van der Waals surface area (Å²) in [5.41, 5.74) is 0.417. The lowest BCUT2D eigenvalue weighted by atomic mass is 10.2. The SMILES string of the molecule is CCCNC(=O)c1cc(N2CCN(c3ccccn3)CC2)ncn1. The standard InChI is InChI=1S/C17H22N6O/c1-2-6-19-17(24)14-12-16(21-13-20-14)23-10-8-22(9-11-23)15-5-3-4-7-18-15/h3-5,7,12-13H,2,6,8-11H2,1H3,(H,19,24). The summed E-state index contributed by atoms with van der Waals surface area (Å²) < 4.78 is 0. The largest absolute Gasteiger partial charge is 0.353 e. The average Bonchev–Trinajstić information content (AvgIpc) is 2.67. The summed E-state index contributed by atoms with van der Waals surface area (Å²) in [6.45, 7) is 6.09. The molecule has 0 spiro atoms. The Kier molecular flexibility index (Phi) is 5.20. The Labute approximate surface area is 141 Å². The quantitative estimate of drug-likeness (QED) is 0.894. The second kappa shape index (κ2) is 7.72. The number of aromatic nitrogens is 3.